The van der Waals surface area contributed by atoms with Crippen LogP contribution in [0.15, 0.2) is 47.8 Å². The predicted molar refractivity (Wildman–Crippen MR) is 117 cm³/mol. The molecule has 1 aromatic heterocycles. The number of ether oxygens (including phenoxy) is 3. The predicted octanol–water partition coefficient (Wildman–Crippen LogP) is 4.30. The number of carbonyl (C=O) groups excluding carboxylic acids is 1. The van der Waals surface area contributed by atoms with Gasteiger partial charge in [-0.2, -0.15) is 0 Å². The number of aryl methyl sites for hydroxylation is 1. The molecule has 0 aliphatic rings. The average molecular weight is 427 g/mol. The summed E-state index contributed by atoms with van der Waals surface area (Å²) in [6.07, 6.45) is 0.231. The highest BCUT2D eigenvalue weighted by molar-refractivity contribution is 7.09. The van der Waals surface area contributed by atoms with E-state index < -0.39 is 0 Å². The molecule has 1 heterocycles. The summed E-state index contributed by atoms with van der Waals surface area (Å²) in [5.74, 6) is 2.07. The summed E-state index contributed by atoms with van der Waals surface area (Å²) in [6, 6.07) is 13.5. The van der Waals surface area contributed by atoms with E-state index >= 15 is 0 Å². The molecule has 7 heteroatoms. The Hall–Kier alpha value is -3.06. The largest absolute Gasteiger partial charge is 0.493 e. The quantitative estimate of drug-likeness (QED) is 0.524. The number of methoxy groups -OCH3 is 1. The lowest BCUT2D eigenvalue weighted by molar-refractivity contribution is -0.120. The van der Waals surface area contributed by atoms with Gasteiger partial charge in [0, 0.05) is 11.9 Å². The number of nitrogens with one attached hydrogen (secondary N) is 1. The Morgan fingerprint density at radius 3 is 2.63 bits per heavy atom. The van der Waals surface area contributed by atoms with Gasteiger partial charge in [0.1, 0.15) is 17.4 Å². The fraction of sp³-hybridized carbons (Fsp3) is 0.304. The van der Waals surface area contributed by atoms with Crippen LogP contribution in [0.25, 0.3) is 0 Å². The van der Waals surface area contributed by atoms with Crippen molar-refractivity contribution in [1.82, 2.24) is 10.3 Å². The van der Waals surface area contributed by atoms with Gasteiger partial charge in [-0.05, 0) is 43.7 Å². The first-order valence-electron chi connectivity index (χ1n) is 9.76. The van der Waals surface area contributed by atoms with Crippen LogP contribution in [0.4, 0.5) is 0 Å². The Bertz CT molecular complexity index is 970. The van der Waals surface area contributed by atoms with Crippen molar-refractivity contribution in [1.29, 1.82) is 0 Å². The summed E-state index contributed by atoms with van der Waals surface area (Å²) in [4.78, 5) is 16.8. The van der Waals surface area contributed by atoms with E-state index in [1.54, 1.807) is 7.11 Å². The first-order valence-corrected chi connectivity index (χ1v) is 10.6. The number of amides is 1. The third-order valence-corrected chi connectivity index (χ3v) is 5.21. The van der Waals surface area contributed by atoms with E-state index in [1.807, 2.05) is 61.7 Å². The van der Waals surface area contributed by atoms with Gasteiger partial charge in [0.05, 0.1) is 25.8 Å². The molecule has 2 aromatic carbocycles. The maximum Gasteiger partial charge on any atom is 0.226 e. The molecule has 0 atom stereocenters. The molecule has 0 aliphatic heterocycles. The topological polar surface area (TPSA) is 69.7 Å². The highest BCUT2D eigenvalue weighted by atomic mass is 32.1. The number of hydrogen-bond acceptors (Lipinski definition) is 6. The summed E-state index contributed by atoms with van der Waals surface area (Å²) >= 11 is 1.49. The highest BCUT2D eigenvalue weighted by Gasteiger charge is 2.10. The average Bonchev–Trinajstić information content (AvgIpc) is 3.20. The Kier molecular flexibility index (Phi) is 7.68. The summed E-state index contributed by atoms with van der Waals surface area (Å²) in [6.45, 7) is 5.33. The molecule has 0 spiro atoms. The van der Waals surface area contributed by atoms with Crippen molar-refractivity contribution in [2.24, 2.45) is 0 Å². The number of rotatable bonds is 10. The zero-order chi connectivity index (χ0) is 21.3. The van der Waals surface area contributed by atoms with Crippen molar-refractivity contribution in [3.63, 3.8) is 0 Å². The zero-order valence-corrected chi connectivity index (χ0v) is 18.3. The number of thiazole rings is 1. The van der Waals surface area contributed by atoms with Crippen molar-refractivity contribution in [3.05, 3.63) is 69.7 Å². The van der Waals surface area contributed by atoms with Crippen LogP contribution in [0.1, 0.15) is 28.8 Å². The molecule has 0 bridgehead atoms. The SMILES string of the molecule is CCOc1ccc(CNC(=O)Cc2csc(COc3ccc(C)cc3)n2)cc1OC. The molecule has 1 N–H and O–H groups in total. The molecule has 0 saturated heterocycles. The van der Waals surface area contributed by atoms with E-state index in [0.29, 0.717) is 31.3 Å². The first kappa shape index (κ1) is 21.6. The van der Waals surface area contributed by atoms with Gasteiger partial charge in [-0.3, -0.25) is 4.79 Å². The molecule has 0 radical (unpaired) electrons. The van der Waals surface area contributed by atoms with Crippen LogP contribution in [-0.2, 0) is 24.4 Å². The number of carbonyl (C=O) groups is 1. The molecular weight excluding hydrogens is 400 g/mol. The molecule has 0 fully saturated rings. The molecule has 0 aliphatic carbocycles. The lowest BCUT2D eigenvalue weighted by Gasteiger charge is -2.11. The number of aromatic nitrogens is 1. The van der Waals surface area contributed by atoms with Crippen molar-refractivity contribution < 1.29 is 19.0 Å². The second-order valence-corrected chi connectivity index (χ2v) is 7.65. The van der Waals surface area contributed by atoms with Gasteiger partial charge in [-0.15, -0.1) is 11.3 Å². The standard InChI is InChI=1S/C23H26N2O4S/c1-4-28-20-10-7-17(11-21(20)27-3)13-24-22(26)12-18-15-30-23(25-18)14-29-19-8-5-16(2)6-9-19/h5-11,15H,4,12-14H2,1-3H3,(H,24,26). The fourth-order valence-corrected chi connectivity index (χ4v) is 3.51. The number of nitrogens with zero attached hydrogens (tertiary/aromatic N) is 1. The second-order valence-electron chi connectivity index (χ2n) is 6.71. The third-order valence-electron chi connectivity index (χ3n) is 4.34. The van der Waals surface area contributed by atoms with E-state index in [9.17, 15) is 4.79 Å². The lowest BCUT2D eigenvalue weighted by atomic mass is 10.2. The molecule has 1 amide bonds. The van der Waals surface area contributed by atoms with Gasteiger partial charge in [0.15, 0.2) is 11.5 Å². The van der Waals surface area contributed by atoms with Crippen molar-refractivity contribution >= 4 is 17.2 Å². The van der Waals surface area contributed by atoms with Crippen LogP contribution in [0, 0.1) is 6.92 Å². The lowest BCUT2D eigenvalue weighted by Crippen LogP contribution is -2.24. The fourth-order valence-electron chi connectivity index (χ4n) is 2.80. The van der Waals surface area contributed by atoms with E-state index in [-0.39, 0.29) is 12.3 Å². The Morgan fingerprint density at radius 2 is 1.90 bits per heavy atom. The number of hydrogen-bond donors (Lipinski definition) is 1. The van der Waals surface area contributed by atoms with Crippen molar-refractivity contribution in [3.8, 4) is 17.2 Å². The first-order chi connectivity index (χ1) is 14.6. The second kappa shape index (κ2) is 10.6. The van der Waals surface area contributed by atoms with Crippen LogP contribution < -0.4 is 19.5 Å². The van der Waals surface area contributed by atoms with Crippen LogP contribution in [0.2, 0.25) is 0 Å². The van der Waals surface area contributed by atoms with E-state index in [1.165, 1.54) is 16.9 Å². The highest BCUT2D eigenvalue weighted by Crippen LogP contribution is 2.28. The van der Waals surface area contributed by atoms with Crippen LogP contribution in [0.3, 0.4) is 0 Å². The van der Waals surface area contributed by atoms with Crippen molar-refractivity contribution in [2.75, 3.05) is 13.7 Å². The van der Waals surface area contributed by atoms with Crippen LogP contribution in [-0.4, -0.2) is 24.6 Å². The van der Waals surface area contributed by atoms with Gasteiger partial charge in [0.2, 0.25) is 5.91 Å². The molecule has 0 saturated carbocycles. The normalized spacial score (nSPS) is 10.5. The van der Waals surface area contributed by atoms with E-state index in [0.717, 1.165) is 22.0 Å². The monoisotopic (exact) mass is 426 g/mol. The van der Waals surface area contributed by atoms with Gasteiger partial charge in [-0.1, -0.05) is 23.8 Å². The zero-order valence-electron chi connectivity index (χ0n) is 17.4. The van der Waals surface area contributed by atoms with Crippen molar-refractivity contribution in [2.45, 2.75) is 33.4 Å². The van der Waals surface area contributed by atoms with Crippen LogP contribution >= 0.6 is 11.3 Å². The summed E-state index contributed by atoms with van der Waals surface area (Å²) in [5.41, 5.74) is 2.87. The summed E-state index contributed by atoms with van der Waals surface area (Å²) in [5, 5.41) is 5.66. The molecule has 3 rings (SSSR count). The van der Waals surface area contributed by atoms with Crippen LogP contribution in [0.5, 0.6) is 17.2 Å². The summed E-state index contributed by atoms with van der Waals surface area (Å²) in [7, 11) is 1.60. The Labute approximate surface area is 180 Å². The molecule has 0 unspecified atom stereocenters. The molecule has 30 heavy (non-hydrogen) atoms. The third kappa shape index (κ3) is 6.22. The minimum atomic E-state index is -0.0841. The minimum absolute atomic E-state index is 0.0841. The smallest absolute Gasteiger partial charge is 0.226 e. The molecule has 158 valence electrons. The van der Waals surface area contributed by atoms with Gasteiger partial charge < -0.3 is 19.5 Å². The maximum atomic E-state index is 12.3. The Morgan fingerprint density at radius 1 is 1.10 bits per heavy atom. The van der Waals surface area contributed by atoms with E-state index in [2.05, 4.69) is 10.3 Å². The minimum Gasteiger partial charge on any atom is -0.493 e. The maximum absolute atomic E-state index is 12.3. The van der Waals surface area contributed by atoms with Gasteiger partial charge in [-0.25, -0.2) is 4.98 Å². The number of benzene rings is 2. The van der Waals surface area contributed by atoms with Gasteiger partial charge in [0.25, 0.3) is 0 Å². The molecule has 3 aromatic rings. The Balaban J connectivity index is 1.47. The van der Waals surface area contributed by atoms with Gasteiger partial charge >= 0.3 is 0 Å². The summed E-state index contributed by atoms with van der Waals surface area (Å²) < 4.78 is 16.6. The molecule has 6 nitrogen and oxygen atoms in total. The van der Waals surface area contributed by atoms with E-state index in [4.69, 9.17) is 14.2 Å². The molecular formula is C23H26N2O4S.